The lowest BCUT2D eigenvalue weighted by Gasteiger charge is -2.27. The van der Waals surface area contributed by atoms with Gasteiger partial charge in [-0.1, -0.05) is 5.16 Å². The van der Waals surface area contributed by atoms with Crippen LogP contribution in [-0.2, 0) is 4.74 Å². The van der Waals surface area contributed by atoms with Crippen molar-refractivity contribution in [2.24, 2.45) is 5.73 Å². The van der Waals surface area contributed by atoms with E-state index in [1.165, 1.54) is 0 Å². The number of aliphatic hydroxyl groups is 1. The van der Waals surface area contributed by atoms with Crippen molar-refractivity contribution in [1.82, 2.24) is 15.0 Å². The predicted molar refractivity (Wildman–Crippen MR) is 54.5 cm³/mol. The van der Waals surface area contributed by atoms with Crippen LogP contribution in [0.3, 0.4) is 0 Å². The molecule has 16 heavy (non-hydrogen) atoms. The summed E-state index contributed by atoms with van der Waals surface area (Å²) in [7, 11) is 2.01. The molecule has 0 aromatic carbocycles. The molecular weight excluding hydrogens is 212 g/mol. The van der Waals surface area contributed by atoms with Crippen molar-refractivity contribution < 1.29 is 14.4 Å². The average molecular weight is 228 g/mol. The fourth-order valence-electron chi connectivity index (χ4n) is 1.55. The number of morpholine rings is 1. The molecule has 2 atom stereocenters. The summed E-state index contributed by atoms with van der Waals surface area (Å²) in [5.41, 5.74) is 5.30. The molecule has 0 amide bonds. The number of ether oxygens (including phenoxy) is 1. The maximum absolute atomic E-state index is 9.42. The molecule has 0 radical (unpaired) electrons. The molecule has 2 rings (SSSR count). The summed E-state index contributed by atoms with van der Waals surface area (Å²) in [4.78, 5) is 6.21. The quantitative estimate of drug-likeness (QED) is 0.689. The van der Waals surface area contributed by atoms with E-state index in [0.717, 1.165) is 13.1 Å². The van der Waals surface area contributed by atoms with Gasteiger partial charge in [0.25, 0.3) is 5.89 Å². The van der Waals surface area contributed by atoms with Gasteiger partial charge in [-0.2, -0.15) is 4.98 Å². The molecule has 2 heterocycles. The molecule has 1 aromatic heterocycles. The number of hydrogen-bond donors (Lipinski definition) is 2. The van der Waals surface area contributed by atoms with E-state index in [4.69, 9.17) is 15.0 Å². The van der Waals surface area contributed by atoms with Crippen LogP contribution in [0.15, 0.2) is 4.52 Å². The Kier molecular flexibility index (Phi) is 3.49. The molecule has 1 aliphatic rings. The number of rotatable bonds is 3. The van der Waals surface area contributed by atoms with Crippen LogP contribution in [-0.4, -0.2) is 53.4 Å². The van der Waals surface area contributed by atoms with Gasteiger partial charge in [0.2, 0.25) is 5.82 Å². The van der Waals surface area contributed by atoms with E-state index in [-0.39, 0.29) is 18.5 Å². The third kappa shape index (κ3) is 2.38. The summed E-state index contributed by atoms with van der Waals surface area (Å²) in [5, 5.41) is 13.2. The smallest absolute Gasteiger partial charge is 0.256 e. The molecule has 0 saturated carbocycles. The van der Waals surface area contributed by atoms with Crippen molar-refractivity contribution in [3.63, 3.8) is 0 Å². The van der Waals surface area contributed by atoms with Crippen molar-refractivity contribution >= 4 is 0 Å². The summed E-state index contributed by atoms with van der Waals surface area (Å²) >= 11 is 0. The standard InChI is InChI=1S/C9H16N4O3/c1-13-2-3-15-7(5-13)8-11-9(16-12-8)6(14)4-10/h6-7,14H,2-5,10H2,1H3. The molecule has 7 heteroatoms. The predicted octanol–water partition coefficient (Wildman–Crippen LogP) is -0.935. The average Bonchev–Trinajstić information content (AvgIpc) is 2.77. The first-order valence-corrected chi connectivity index (χ1v) is 5.22. The molecule has 3 N–H and O–H groups in total. The summed E-state index contributed by atoms with van der Waals surface area (Å²) in [5.74, 6) is 0.614. The van der Waals surface area contributed by atoms with E-state index < -0.39 is 6.10 Å². The Morgan fingerprint density at radius 2 is 2.50 bits per heavy atom. The molecule has 1 aliphatic heterocycles. The number of aromatic nitrogens is 2. The van der Waals surface area contributed by atoms with Crippen LogP contribution in [0.5, 0.6) is 0 Å². The second-order valence-electron chi connectivity index (χ2n) is 3.86. The SMILES string of the molecule is CN1CCOC(c2noc(C(O)CN)n2)C1. The first kappa shape index (κ1) is 11.5. The van der Waals surface area contributed by atoms with Gasteiger partial charge in [0, 0.05) is 19.6 Å². The molecule has 1 saturated heterocycles. The fraction of sp³-hybridized carbons (Fsp3) is 0.778. The lowest BCUT2D eigenvalue weighted by Crippen LogP contribution is -2.35. The molecule has 2 unspecified atom stereocenters. The summed E-state index contributed by atoms with van der Waals surface area (Å²) in [6.07, 6.45) is -1.09. The minimum Gasteiger partial charge on any atom is -0.382 e. The van der Waals surface area contributed by atoms with Gasteiger partial charge >= 0.3 is 0 Å². The van der Waals surface area contributed by atoms with Crippen molar-refractivity contribution in [3.8, 4) is 0 Å². The zero-order chi connectivity index (χ0) is 11.5. The van der Waals surface area contributed by atoms with Gasteiger partial charge in [0.1, 0.15) is 12.2 Å². The highest BCUT2D eigenvalue weighted by Crippen LogP contribution is 2.20. The summed E-state index contributed by atoms with van der Waals surface area (Å²) in [6, 6.07) is 0. The lowest BCUT2D eigenvalue weighted by atomic mass is 10.2. The third-order valence-electron chi connectivity index (χ3n) is 2.52. The molecule has 7 nitrogen and oxygen atoms in total. The van der Waals surface area contributed by atoms with Gasteiger partial charge in [-0.25, -0.2) is 0 Å². The Bertz CT molecular complexity index is 343. The van der Waals surface area contributed by atoms with Crippen molar-refractivity contribution in [2.45, 2.75) is 12.2 Å². The van der Waals surface area contributed by atoms with E-state index in [2.05, 4.69) is 15.0 Å². The van der Waals surface area contributed by atoms with Crippen molar-refractivity contribution in [2.75, 3.05) is 33.3 Å². The molecule has 0 spiro atoms. The fourth-order valence-corrected chi connectivity index (χ4v) is 1.55. The van der Waals surface area contributed by atoms with Crippen molar-refractivity contribution in [3.05, 3.63) is 11.7 Å². The van der Waals surface area contributed by atoms with Gasteiger partial charge in [0.15, 0.2) is 0 Å². The minimum atomic E-state index is -0.900. The first-order valence-electron chi connectivity index (χ1n) is 5.22. The highest BCUT2D eigenvalue weighted by atomic mass is 16.5. The Hall–Kier alpha value is -1.02. The Morgan fingerprint density at radius 3 is 3.19 bits per heavy atom. The van der Waals surface area contributed by atoms with Crippen LogP contribution in [0, 0.1) is 0 Å². The van der Waals surface area contributed by atoms with Gasteiger partial charge in [-0.05, 0) is 7.05 Å². The monoisotopic (exact) mass is 228 g/mol. The molecule has 1 aromatic rings. The number of nitrogens with two attached hydrogens (primary N) is 1. The van der Waals surface area contributed by atoms with Crippen LogP contribution in [0.25, 0.3) is 0 Å². The largest absolute Gasteiger partial charge is 0.382 e. The zero-order valence-electron chi connectivity index (χ0n) is 9.17. The van der Waals surface area contributed by atoms with Gasteiger partial charge < -0.3 is 25.0 Å². The molecule has 0 aliphatic carbocycles. The van der Waals surface area contributed by atoms with Crippen LogP contribution in [0.4, 0.5) is 0 Å². The highest BCUT2D eigenvalue weighted by Gasteiger charge is 2.25. The normalized spacial score (nSPS) is 24.6. The lowest BCUT2D eigenvalue weighted by molar-refractivity contribution is -0.0264. The van der Waals surface area contributed by atoms with Gasteiger partial charge in [-0.15, -0.1) is 0 Å². The van der Waals surface area contributed by atoms with Crippen LogP contribution < -0.4 is 5.73 Å². The minimum absolute atomic E-state index is 0.0626. The summed E-state index contributed by atoms with van der Waals surface area (Å²) in [6.45, 7) is 2.32. The van der Waals surface area contributed by atoms with Crippen LogP contribution in [0.2, 0.25) is 0 Å². The maximum Gasteiger partial charge on any atom is 0.256 e. The Balaban J connectivity index is 2.06. The maximum atomic E-state index is 9.42. The van der Waals surface area contributed by atoms with Crippen molar-refractivity contribution in [1.29, 1.82) is 0 Å². The number of hydrogen-bond acceptors (Lipinski definition) is 7. The zero-order valence-corrected chi connectivity index (χ0v) is 9.17. The topological polar surface area (TPSA) is 97.6 Å². The van der Waals surface area contributed by atoms with E-state index >= 15 is 0 Å². The second-order valence-corrected chi connectivity index (χ2v) is 3.86. The van der Waals surface area contributed by atoms with E-state index in [1.807, 2.05) is 7.05 Å². The van der Waals surface area contributed by atoms with Gasteiger partial charge in [-0.3, -0.25) is 0 Å². The van der Waals surface area contributed by atoms with E-state index in [0.29, 0.717) is 12.4 Å². The first-order chi connectivity index (χ1) is 7.70. The summed E-state index contributed by atoms with van der Waals surface area (Å²) < 4.78 is 10.4. The molecule has 90 valence electrons. The van der Waals surface area contributed by atoms with E-state index in [1.54, 1.807) is 0 Å². The Morgan fingerprint density at radius 1 is 1.69 bits per heavy atom. The van der Waals surface area contributed by atoms with Crippen LogP contribution in [0.1, 0.15) is 23.9 Å². The highest BCUT2D eigenvalue weighted by molar-refractivity contribution is 4.96. The van der Waals surface area contributed by atoms with Crippen LogP contribution >= 0.6 is 0 Å². The molecule has 0 bridgehead atoms. The Labute approximate surface area is 93.2 Å². The molecule has 1 fully saturated rings. The van der Waals surface area contributed by atoms with Gasteiger partial charge in [0.05, 0.1) is 6.61 Å². The number of nitrogens with zero attached hydrogens (tertiary/aromatic N) is 3. The van der Waals surface area contributed by atoms with E-state index in [9.17, 15) is 5.11 Å². The number of likely N-dealkylation sites (N-methyl/N-ethyl adjacent to an activating group) is 1. The number of aliphatic hydroxyl groups excluding tert-OH is 1. The third-order valence-corrected chi connectivity index (χ3v) is 2.52. The second kappa shape index (κ2) is 4.88. The molecular formula is C9H16N4O3.